The summed E-state index contributed by atoms with van der Waals surface area (Å²) < 4.78 is 0. The second-order valence-corrected chi connectivity index (χ2v) is 5.79. The molecule has 3 nitrogen and oxygen atoms in total. The van der Waals surface area contributed by atoms with Gasteiger partial charge in [0, 0.05) is 48.9 Å². The van der Waals surface area contributed by atoms with Crippen LogP contribution in [0.4, 0.5) is 0 Å². The minimum Gasteiger partial charge on any atom is -0.304 e. The quantitative estimate of drug-likeness (QED) is 0.598. The van der Waals surface area contributed by atoms with Crippen LogP contribution in [0.1, 0.15) is 10.4 Å². The third kappa shape index (κ3) is 3.83. The Balaban J connectivity index is 1.76. The van der Waals surface area contributed by atoms with E-state index in [1.807, 2.05) is 24.3 Å². The Hall–Kier alpha value is -0.840. The molecule has 1 fully saturated rings. The Kier molecular flexibility index (Phi) is 5.23. The van der Waals surface area contributed by atoms with Crippen LogP contribution in [0.2, 0.25) is 0 Å². The third-order valence-corrected chi connectivity index (χ3v) is 4.38. The summed E-state index contributed by atoms with van der Waals surface area (Å²) in [6.45, 7) is 5.75. The van der Waals surface area contributed by atoms with Gasteiger partial charge in [0.25, 0.3) is 0 Å². The predicted molar refractivity (Wildman–Crippen MR) is 76.5 cm³/mol. The molecular weight excluding hydrogens is 244 g/mol. The second kappa shape index (κ2) is 6.92. The molecule has 0 N–H and O–H groups in total. The average Bonchev–Trinajstić information content (AvgIpc) is 2.41. The van der Waals surface area contributed by atoms with Crippen molar-refractivity contribution < 1.29 is 4.79 Å². The zero-order valence-electron chi connectivity index (χ0n) is 10.8. The summed E-state index contributed by atoms with van der Waals surface area (Å²) in [6.07, 6.45) is 0.943. The number of piperazine rings is 1. The van der Waals surface area contributed by atoms with Gasteiger partial charge in [-0.05, 0) is 13.1 Å². The van der Waals surface area contributed by atoms with Crippen LogP contribution in [-0.4, -0.2) is 61.6 Å². The van der Waals surface area contributed by atoms with Crippen molar-refractivity contribution in [1.82, 2.24) is 9.80 Å². The lowest BCUT2D eigenvalue weighted by Crippen LogP contribution is -2.45. The molecule has 1 aliphatic rings. The van der Waals surface area contributed by atoms with Crippen LogP contribution >= 0.6 is 11.8 Å². The maximum atomic E-state index is 10.9. The Morgan fingerprint density at radius 3 is 2.67 bits per heavy atom. The fraction of sp³-hybridized carbons (Fsp3) is 0.500. The zero-order chi connectivity index (χ0) is 12.8. The number of aldehydes is 1. The number of rotatable bonds is 5. The highest BCUT2D eigenvalue weighted by Crippen LogP contribution is 2.21. The van der Waals surface area contributed by atoms with E-state index < -0.39 is 0 Å². The molecule has 18 heavy (non-hydrogen) atoms. The highest BCUT2D eigenvalue weighted by atomic mass is 32.2. The van der Waals surface area contributed by atoms with E-state index in [4.69, 9.17) is 0 Å². The Morgan fingerprint density at radius 2 is 1.94 bits per heavy atom. The van der Waals surface area contributed by atoms with Gasteiger partial charge < -0.3 is 4.90 Å². The molecule has 0 aliphatic carbocycles. The maximum Gasteiger partial charge on any atom is 0.151 e. The summed E-state index contributed by atoms with van der Waals surface area (Å²) in [7, 11) is 2.17. The molecule has 1 heterocycles. The Labute approximate surface area is 113 Å². The number of carbonyl (C=O) groups excluding carboxylic acids is 1. The first-order valence-electron chi connectivity index (χ1n) is 6.37. The van der Waals surface area contributed by atoms with Gasteiger partial charge in [-0.25, -0.2) is 0 Å². The molecule has 1 aromatic rings. The van der Waals surface area contributed by atoms with E-state index >= 15 is 0 Å². The van der Waals surface area contributed by atoms with E-state index in [9.17, 15) is 4.79 Å². The van der Waals surface area contributed by atoms with E-state index in [1.54, 1.807) is 11.8 Å². The minimum atomic E-state index is 0.806. The van der Waals surface area contributed by atoms with Gasteiger partial charge in [-0.15, -0.1) is 11.8 Å². The van der Waals surface area contributed by atoms with Gasteiger partial charge in [0.15, 0.2) is 6.29 Å². The molecule has 1 aliphatic heterocycles. The van der Waals surface area contributed by atoms with Gasteiger partial charge in [-0.2, -0.15) is 0 Å². The molecule has 0 radical (unpaired) electrons. The molecule has 0 saturated carbocycles. The Morgan fingerprint density at radius 1 is 1.22 bits per heavy atom. The largest absolute Gasteiger partial charge is 0.304 e. The summed E-state index contributed by atoms with van der Waals surface area (Å²) in [5.41, 5.74) is 0.806. The lowest BCUT2D eigenvalue weighted by atomic mass is 10.2. The molecule has 98 valence electrons. The summed E-state index contributed by atoms with van der Waals surface area (Å²) in [5, 5.41) is 0. The fourth-order valence-corrected chi connectivity index (χ4v) is 3.09. The Bertz CT molecular complexity index is 389. The molecule has 1 aromatic carbocycles. The van der Waals surface area contributed by atoms with Crippen LogP contribution in [0.15, 0.2) is 29.2 Å². The first kappa shape index (κ1) is 13.6. The molecule has 0 bridgehead atoms. The normalized spacial score (nSPS) is 17.8. The lowest BCUT2D eigenvalue weighted by molar-refractivity contribution is 0.112. The third-order valence-electron chi connectivity index (χ3n) is 3.31. The number of benzene rings is 1. The molecule has 0 spiro atoms. The van der Waals surface area contributed by atoms with E-state index in [0.29, 0.717) is 0 Å². The maximum absolute atomic E-state index is 10.9. The van der Waals surface area contributed by atoms with Crippen molar-refractivity contribution in [2.75, 3.05) is 45.5 Å². The fourth-order valence-electron chi connectivity index (χ4n) is 2.07. The van der Waals surface area contributed by atoms with Crippen LogP contribution in [0.5, 0.6) is 0 Å². The van der Waals surface area contributed by atoms with Gasteiger partial charge in [0.1, 0.15) is 0 Å². The standard InChI is InChI=1S/C14H20N2OS/c1-15-6-8-16(9-7-15)10-11-18-14-5-3-2-4-13(14)12-17/h2-5,12H,6-11H2,1H3. The minimum absolute atomic E-state index is 0.806. The van der Waals surface area contributed by atoms with Gasteiger partial charge >= 0.3 is 0 Å². The van der Waals surface area contributed by atoms with Crippen LogP contribution in [0.25, 0.3) is 0 Å². The lowest BCUT2D eigenvalue weighted by Gasteiger charge is -2.32. The SMILES string of the molecule is CN1CCN(CCSc2ccccc2C=O)CC1. The van der Waals surface area contributed by atoms with E-state index in [0.717, 1.165) is 55.2 Å². The van der Waals surface area contributed by atoms with Crippen molar-refractivity contribution in [2.45, 2.75) is 4.90 Å². The molecule has 4 heteroatoms. The number of thioether (sulfide) groups is 1. The van der Waals surface area contributed by atoms with E-state index in [-0.39, 0.29) is 0 Å². The van der Waals surface area contributed by atoms with Gasteiger partial charge in [0.2, 0.25) is 0 Å². The van der Waals surface area contributed by atoms with Crippen LogP contribution in [0, 0.1) is 0 Å². The molecule has 0 aromatic heterocycles. The number of hydrogen-bond donors (Lipinski definition) is 0. The zero-order valence-corrected chi connectivity index (χ0v) is 11.7. The number of nitrogens with zero attached hydrogens (tertiary/aromatic N) is 2. The van der Waals surface area contributed by atoms with E-state index in [2.05, 4.69) is 16.8 Å². The van der Waals surface area contributed by atoms with Gasteiger partial charge in [-0.3, -0.25) is 9.69 Å². The summed E-state index contributed by atoms with van der Waals surface area (Å²) in [4.78, 5) is 16.9. The first-order chi connectivity index (χ1) is 8.79. The first-order valence-corrected chi connectivity index (χ1v) is 7.36. The van der Waals surface area contributed by atoms with Gasteiger partial charge in [0.05, 0.1) is 0 Å². The monoisotopic (exact) mass is 264 g/mol. The van der Waals surface area contributed by atoms with Crippen molar-refractivity contribution in [3.8, 4) is 0 Å². The number of carbonyl (C=O) groups is 1. The van der Waals surface area contributed by atoms with Crippen molar-refractivity contribution in [1.29, 1.82) is 0 Å². The van der Waals surface area contributed by atoms with Crippen molar-refractivity contribution in [3.63, 3.8) is 0 Å². The molecule has 2 rings (SSSR count). The number of likely N-dealkylation sites (N-methyl/N-ethyl adjacent to an activating group) is 1. The molecule has 1 saturated heterocycles. The topological polar surface area (TPSA) is 23.6 Å². The highest BCUT2D eigenvalue weighted by molar-refractivity contribution is 7.99. The van der Waals surface area contributed by atoms with Crippen molar-refractivity contribution in [2.24, 2.45) is 0 Å². The summed E-state index contributed by atoms with van der Waals surface area (Å²) in [5.74, 6) is 1.05. The van der Waals surface area contributed by atoms with Crippen LogP contribution in [0.3, 0.4) is 0 Å². The smallest absolute Gasteiger partial charge is 0.151 e. The second-order valence-electron chi connectivity index (χ2n) is 4.65. The predicted octanol–water partition coefficient (Wildman–Crippen LogP) is 1.84. The van der Waals surface area contributed by atoms with Crippen LogP contribution in [-0.2, 0) is 0 Å². The highest BCUT2D eigenvalue weighted by Gasteiger charge is 2.13. The molecular formula is C14H20N2OS. The van der Waals surface area contributed by atoms with Crippen molar-refractivity contribution in [3.05, 3.63) is 29.8 Å². The summed E-state index contributed by atoms with van der Waals surface area (Å²) >= 11 is 1.78. The van der Waals surface area contributed by atoms with Crippen LogP contribution < -0.4 is 0 Å². The van der Waals surface area contributed by atoms with E-state index in [1.165, 1.54) is 0 Å². The van der Waals surface area contributed by atoms with Crippen molar-refractivity contribution >= 4 is 18.0 Å². The van der Waals surface area contributed by atoms with Gasteiger partial charge in [-0.1, -0.05) is 18.2 Å². The number of hydrogen-bond acceptors (Lipinski definition) is 4. The summed E-state index contributed by atoms with van der Waals surface area (Å²) in [6, 6.07) is 7.81. The average molecular weight is 264 g/mol. The molecule has 0 amide bonds. The molecule has 0 atom stereocenters. The molecule has 0 unspecified atom stereocenters.